The van der Waals surface area contributed by atoms with Gasteiger partial charge in [-0.05, 0) is 37.6 Å². The van der Waals surface area contributed by atoms with Gasteiger partial charge in [0, 0.05) is 22.7 Å². The number of benzene rings is 1. The van der Waals surface area contributed by atoms with Crippen LogP contribution in [-0.2, 0) is 6.18 Å². The van der Waals surface area contributed by atoms with Crippen molar-refractivity contribution in [3.63, 3.8) is 0 Å². The number of piperidine rings is 1. The Bertz CT molecular complexity index is 690. The molecule has 1 fully saturated rings. The molecule has 3 rings (SSSR count). The van der Waals surface area contributed by atoms with Crippen LogP contribution in [0, 0.1) is 0 Å². The zero-order chi connectivity index (χ0) is 15.7. The first-order chi connectivity index (χ1) is 10.4. The molecule has 2 aromatic rings. The molecule has 3 nitrogen and oxygen atoms in total. The van der Waals surface area contributed by atoms with Gasteiger partial charge in [0.2, 0.25) is 0 Å². The molecule has 0 spiro atoms. The molecule has 0 unspecified atom stereocenters. The summed E-state index contributed by atoms with van der Waals surface area (Å²) in [6, 6.07) is 5.40. The van der Waals surface area contributed by atoms with Crippen molar-refractivity contribution in [3.05, 3.63) is 34.7 Å². The molecule has 22 heavy (non-hydrogen) atoms. The van der Waals surface area contributed by atoms with E-state index in [1.807, 2.05) is 0 Å². The maximum absolute atomic E-state index is 13.0. The second-order valence-corrected chi connectivity index (χ2v) is 6.43. The van der Waals surface area contributed by atoms with E-state index < -0.39 is 11.7 Å². The van der Waals surface area contributed by atoms with Crippen molar-refractivity contribution < 1.29 is 18.0 Å². The third-order valence-corrected chi connectivity index (χ3v) is 4.82. The fraction of sp³-hybridized carbons (Fsp3) is 0.400. The first kappa shape index (κ1) is 15.3. The number of hydrogen-bond donors (Lipinski definition) is 2. The monoisotopic (exact) mass is 328 g/mol. The Morgan fingerprint density at radius 1 is 1.36 bits per heavy atom. The van der Waals surface area contributed by atoms with Gasteiger partial charge in [-0.2, -0.15) is 13.2 Å². The van der Waals surface area contributed by atoms with Gasteiger partial charge in [-0.25, -0.2) is 0 Å². The highest BCUT2D eigenvalue weighted by molar-refractivity contribution is 7.20. The van der Waals surface area contributed by atoms with Gasteiger partial charge in [-0.15, -0.1) is 11.3 Å². The lowest BCUT2D eigenvalue weighted by atomic mass is 10.1. The largest absolute Gasteiger partial charge is 0.417 e. The van der Waals surface area contributed by atoms with E-state index in [9.17, 15) is 18.0 Å². The summed E-state index contributed by atoms with van der Waals surface area (Å²) in [5.41, 5.74) is -0.695. The fourth-order valence-electron chi connectivity index (χ4n) is 2.65. The third-order valence-electron chi connectivity index (χ3n) is 3.72. The number of halogens is 3. The van der Waals surface area contributed by atoms with E-state index in [0.29, 0.717) is 16.1 Å². The van der Waals surface area contributed by atoms with Crippen LogP contribution in [0.2, 0.25) is 0 Å². The van der Waals surface area contributed by atoms with E-state index >= 15 is 0 Å². The first-order valence-electron chi connectivity index (χ1n) is 7.06. The maximum Gasteiger partial charge on any atom is 0.417 e. The molecule has 118 valence electrons. The lowest BCUT2D eigenvalue weighted by molar-refractivity contribution is -0.136. The summed E-state index contributed by atoms with van der Waals surface area (Å²) in [5, 5.41) is 6.16. The average Bonchev–Trinajstić information content (AvgIpc) is 2.91. The molecule has 1 aromatic carbocycles. The molecular formula is C15H15F3N2OS. The van der Waals surface area contributed by atoms with Gasteiger partial charge in [-0.1, -0.05) is 6.07 Å². The molecule has 2 N–H and O–H groups in total. The van der Waals surface area contributed by atoms with Crippen molar-refractivity contribution in [3.8, 4) is 0 Å². The van der Waals surface area contributed by atoms with Gasteiger partial charge in [0.25, 0.3) is 5.91 Å². The highest BCUT2D eigenvalue weighted by atomic mass is 32.1. The lowest BCUT2D eigenvalue weighted by Crippen LogP contribution is -2.45. The third kappa shape index (κ3) is 3.10. The molecule has 1 atom stereocenters. The smallest absolute Gasteiger partial charge is 0.347 e. The Labute approximate surface area is 129 Å². The number of rotatable bonds is 2. The minimum Gasteiger partial charge on any atom is -0.347 e. The van der Waals surface area contributed by atoms with Crippen molar-refractivity contribution in [2.45, 2.75) is 25.1 Å². The van der Waals surface area contributed by atoms with Gasteiger partial charge < -0.3 is 10.6 Å². The van der Waals surface area contributed by atoms with Crippen LogP contribution in [0.5, 0.6) is 0 Å². The van der Waals surface area contributed by atoms with Gasteiger partial charge in [0.1, 0.15) is 0 Å². The maximum atomic E-state index is 13.0. The van der Waals surface area contributed by atoms with Gasteiger partial charge in [0.05, 0.1) is 10.4 Å². The summed E-state index contributed by atoms with van der Waals surface area (Å²) in [6.45, 7) is 1.63. The summed E-state index contributed by atoms with van der Waals surface area (Å²) in [6.07, 6.45) is -2.55. The average molecular weight is 328 g/mol. The van der Waals surface area contributed by atoms with Crippen molar-refractivity contribution in [2.24, 2.45) is 0 Å². The molecule has 1 aromatic heterocycles. The van der Waals surface area contributed by atoms with Gasteiger partial charge >= 0.3 is 6.18 Å². The van der Waals surface area contributed by atoms with Crippen LogP contribution < -0.4 is 10.6 Å². The molecule has 0 radical (unpaired) electrons. The van der Waals surface area contributed by atoms with Crippen LogP contribution in [0.25, 0.3) is 10.1 Å². The molecule has 1 aliphatic rings. The topological polar surface area (TPSA) is 41.1 Å². The number of hydrogen-bond acceptors (Lipinski definition) is 3. The summed E-state index contributed by atoms with van der Waals surface area (Å²) < 4.78 is 39.5. The molecule has 7 heteroatoms. The number of carbonyl (C=O) groups excluding carboxylic acids is 1. The summed E-state index contributed by atoms with van der Waals surface area (Å²) in [4.78, 5) is 12.6. The molecule has 2 heterocycles. The van der Waals surface area contributed by atoms with E-state index in [2.05, 4.69) is 10.6 Å². The van der Waals surface area contributed by atoms with Gasteiger partial charge in [0.15, 0.2) is 0 Å². The quantitative estimate of drug-likeness (QED) is 0.887. The molecule has 0 aliphatic carbocycles. The normalized spacial score (nSPS) is 19.3. The minimum absolute atomic E-state index is 0.0357. The Morgan fingerprint density at radius 2 is 2.18 bits per heavy atom. The van der Waals surface area contributed by atoms with Crippen LogP contribution in [-0.4, -0.2) is 25.0 Å². The molecule has 1 saturated heterocycles. The second kappa shape index (κ2) is 5.89. The van der Waals surface area contributed by atoms with Crippen molar-refractivity contribution in [1.82, 2.24) is 10.6 Å². The van der Waals surface area contributed by atoms with Crippen LogP contribution in [0.4, 0.5) is 13.2 Å². The fourth-order valence-corrected chi connectivity index (χ4v) is 3.64. The van der Waals surface area contributed by atoms with Crippen LogP contribution >= 0.6 is 11.3 Å². The van der Waals surface area contributed by atoms with Crippen molar-refractivity contribution >= 4 is 27.3 Å². The van der Waals surface area contributed by atoms with Crippen LogP contribution in [0.3, 0.4) is 0 Å². The molecule has 0 bridgehead atoms. The zero-order valence-corrected chi connectivity index (χ0v) is 12.5. The van der Waals surface area contributed by atoms with Crippen molar-refractivity contribution in [2.75, 3.05) is 13.1 Å². The van der Waals surface area contributed by atoms with Crippen molar-refractivity contribution in [1.29, 1.82) is 0 Å². The van der Waals surface area contributed by atoms with E-state index in [4.69, 9.17) is 0 Å². The standard InChI is InChI=1S/C15H15F3N2OS/c16-15(17,18)11-4-1-5-12-10(11)7-13(22-12)14(21)20-9-3-2-6-19-8-9/h1,4-5,7,9,19H,2-3,6,8H2,(H,20,21)/t9-/m1/s1. The number of carbonyl (C=O) groups is 1. The molecule has 1 amide bonds. The number of amides is 1. The minimum atomic E-state index is -4.42. The van der Waals surface area contributed by atoms with Gasteiger partial charge in [-0.3, -0.25) is 4.79 Å². The Balaban J connectivity index is 1.87. The molecular weight excluding hydrogens is 313 g/mol. The molecule has 1 aliphatic heterocycles. The summed E-state index contributed by atoms with van der Waals surface area (Å²) in [5.74, 6) is -0.303. The second-order valence-electron chi connectivity index (χ2n) is 5.34. The highest BCUT2D eigenvalue weighted by Gasteiger charge is 2.33. The van der Waals surface area contributed by atoms with E-state index in [1.165, 1.54) is 12.1 Å². The number of fused-ring (bicyclic) bond motifs is 1. The SMILES string of the molecule is O=C(N[C@@H]1CCCNC1)c1cc2c(C(F)(F)F)cccc2s1. The Morgan fingerprint density at radius 3 is 2.86 bits per heavy atom. The number of nitrogens with one attached hydrogen (secondary N) is 2. The van der Waals surface area contributed by atoms with Crippen LogP contribution in [0.1, 0.15) is 28.1 Å². The summed E-state index contributed by atoms with van der Waals surface area (Å²) >= 11 is 1.09. The Hall–Kier alpha value is -1.60. The van der Waals surface area contributed by atoms with E-state index in [0.717, 1.165) is 36.8 Å². The lowest BCUT2D eigenvalue weighted by Gasteiger charge is -2.23. The highest BCUT2D eigenvalue weighted by Crippen LogP contribution is 2.37. The molecule has 0 saturated carbocycles. The zero-order valence-electron chi connectivity index (χ0n) is 11.7. The first-order valence-corrected chi connectivity index (χ1v) is 7.88. The number of alkyl halides is 3. The predicted molar refractivity (Wildman–Crippen MR) is 80.2 cm³/mol. The van der Waals surface area contributed by atoms with E-state index in [1.54, 1.807) is 6.07 Å². The summed E-state index contributed by atoms with van der Waals surface area (Å²) in [7, 11) is 0. The van der Waals surface area contributed by atoms with Crippen LogP contribution in [0.15, 0.2) is 24.3 Å². The number of thiophene rings is 1. The predicted octanol–water partition coefficient (Wildman–Crippen LogP) is 3.40. The van der Waals surface area contributed by atoms with E-state index in [-0.39, 0.29) is 17.3 Å². The Kier molecular flexibility index (Phi) is 4.10.